The number of nitrogens with two attached hydrogens (primary N) is 1. The van der Waals surface area contributed by atoms with Gasteiger partial charge in [0.25, 0.3) is 5.69 Å². The number of nitrogens with zero attached hydrogens (tertiary/aromatic N) is 1. The first-order chi connectivity index (χ1) is 7.47. The summed E-state index contributed by atoms with van der Waals surface area (Å²) in [5, 5.41) is 10.8. The maximum atomic E-state index is 11.2. The van der Waals surface area contributed by atoms with Crippen molar-refractivity contribution < 1.29 is 14.5 Å². The van der Waals surface area contributed by atoms with Crippen molar-refractivity contribution in [3.63, 3.8) is 0 Å². The molecule has 0 aliphatic rings. The summed E-state index contributed by atoms with van der Waals surface area (Å²) in [6, 6.07) is 2.61. The third-order valence-corrected chi connectivity index (χ3v) is 1.98. The Kier molecular flexibility index (Phi) is 3.44. The molecular weight excluding hydrogens is 212 g/mol. The Bertz CT molecular complexity index is 443. The molecule has 0 bridgehead atoms. The number of nitro benzene ring substituents is 1. The molecule has 1 aromatic rings. The Balaban J connectivity index is 3.39. The van der Waals surface area contributed by atoms with Crippen LogP contribution in [0.2, 0.25) is 0 Å². The van der Waals surface area contributed by atoms with Crippen LogP contribution in [0.1, 0.15) is 24.2 Å². The van der Waals surface area contributed by atoms with Gasteiger partial charge in [0.2, 0.25) is 0 Å². The van der Waals surface area contributed by atoms with E-state index >= 15 is 0 Å². The van der Waals surface area contributed by atoms with Crippen LogP contribution in [0.25, 0.3) is 0 Å². The average Bonchev–Trinajstić information content (AvgIpc) is 2.16. The molecule has 0 saturated carbocycles. The number of carbonyl (C=O) groups excluding carboxylic acids is 1. The van der Waals surface area contributed by atoms with E-state index in [2.05, 4.69) is 0 Å². The van der Waals surface area contributed by atoms with Crippen LogP contribution in [-0.4, -0.2) is 17.3 Å². The second kappa shape index (κ2) is 4.61. The second-order valence-electron chi connectivity index (χ2n) is 3.15. The molecular formula is C10H12N2O4. The monoisotopic (exact) mass is 224 g/mol. The van der Waals surface area contributed by atoms with Crippen molar-refractivity contribution in [1.29, 1.82) is 0 Å². The molecule has 16 heavy (non-hydrogen) atoms. The molecule has 0 aliphatic heterocycles. The molecule has 0 aromatic heterocycles. The van der Waals surface area contributed by atoms with Crippen molar-refractivity contribution >= 4 is 17.2 Å². The highest BCUT2D eigenvalue weighted by Crippen LogP contribution is 2.30. The summed E-state index contributed by atoms with van der Waals surface area (Å²) in [7, 11) is 0. The maximum absolute atomic E-state index is 11.2. The topological polar surface area (TPSA) is 95.5 Å². The molecule has 0 saturated heterocycles. The van der Waals surface area contributed by atoms with Crippen molar-refractivity contribution in [3.8, 4) is 5.75 Å². The molecule has 0 fully saturated rings. The predicted molar refractivity (Wildman–Crippen MR) is 58.7 cm³/mol. The minimum Gasteiger partial charge on any atom is -0.494 e. The highest BCUT2D eigenvalue weighted by Gasteiger charge is 2.22. The summed E-state index contributed by atoms with van der Waals surface area (Å²) in [4.78, 5) is 21.4. The van der Waals surface area contributed by atoms with E-state index in [1.54, 1.807) is 6.92 Å². The number of anilines is 1. The lowest BCUT2D eigenvalue weighted by molar-refractivity contribution is -0.385. The van der Waals surface area contributed by atoms with Crippen LogP contribution in [0, 0.1) is 10.1 Å². The fraction of sp³-hybridized carbons (Fsp3) is 0.300. The normalized spacial score (nSPS) is 9.88. The van der Waals surface area contributed by atoms with Gasteiger partial charge in [-0.05, 0) is 13.8 Å². The Morgan fingerprint density at radius 2 is 2.19 bits per heavy atom. The molecule has 6 nitrogen and oxygen atoms in total. The Morgan fingerprint density at radius 3 is 2.62 bits per heavy atom. The Hall–Kier alpha value is -2.11. The number of ketones is 1. The number of nitrogen functional groups attached to an aromatic ring is 1. The van der Waals surface area contributed by atoms with Crippen molar-refractivity contribution in [2.75, 3.05) is 12.3 Å². The van der Waals surface area contributed by atoms with Gasteiger partial charge in [-0.15, -0.1) is 0 Å². The summed E-state index contributed by atoms with van der Waals surface area (Å²) in [6.07, 6.45) is 0. The zero-order valence-corrected chi connectivity index (χ0v) is 9.02. The summed E-state index contributed by atoms with van der Waals surface area (Å²) < 4.78 is 5.12. The van der Waals surface area contributed by atoms with E-state index in [0.717, 1.165) is 0 Å². The van der Waals surface area contributed by atoms with E-state index in [4.69, 9.17) is 10.5 Å². The zero-order chi connectivity index (χ0) is 12.3. The van der Waals surface area contributed by atoms with Crippen LogP contribution < -0.4 is 10.5 Å². The SMILES string of the molecule is CCOc1cc(N)c(C(C)=O)c([N+](=O)[O-])c1. The molecule has 0 aliphatic carbocycles. The van der Waals surface area contributed by atoms with Crippen LogP contribution >= 0.6 is 0 Å². The van der Waals surface area contributed by atoms with Gasteiger partial charge < -0.3 is 10.5 Å². The largest absolute Gasteiger partial charge is 0.494 e. The molecule has 0 amide bonds. The van der Waals surface area contributed by atoms with E-state index in [9.17, 15) is 14.9 Å². The minimum absolute atomic E-state index is 0.0603. The fourth-order valence-corrected chi connectivity index (χ4v) is 1.40. The van der Waals surface area contributed by atoms with Crippen molar-refractivity contribution in [2.45, 2.75) is 13.8 Å². The highest BCUT2D eigenvalue weighted by atomic mass is 16.6. The van der Waals surface area contributed by atoms with Crippen LogP contribution in [0.3, 0.4) is 0 Å². The molecule has 0 unspecified atom stereocenters. The number of benzene rings is 1. The molecule has 1 rings (SSSR count). The van der Waals surface area contributed by atoms with E-state index in [1.807, 2.05) is 0 Å². The molecule has 0 atom stereocenters. The molecule has 86 valence electrons. The van der Waals surface area contributed by atoms with E-state index < -0.39 is 10.7 Å². The lowest BCUT2D eigenvalue weighted by Gasteiger charge is -2.07. The number of Topliss-reactive ketones (excluding diaryl/α,β-unsaturated/α-hetero) is 1. The highest BCUT2D eigenvalue weighted by molar-refractivity contribution is 6.03. The first-order valence-corrected chi connectivity index (χ1v) is 4.69. The van der Waals surface area contributed by atoms with Crippen LogP contribution in [0.4, 0.5) is 11.4 Å². The molecule has 0 heterocycles. The van der Waals surface area contributed by atoms with Crippen molar-refractivity contribution in [3.05, 3.63) is 27.8 Å². The minimum atomic E-state index is -0.643. The van der Waals surface area contributed by atoms with E-state index in [1.165, 1.54) is 19.1 Å². The Labute approximate surface area is 92.2 Å². The lowest BCUT2D eigenvalue weighted by Crippen LogP contribution is -2.06. The van der Waals surface area contributed by atoms with Gasteiger partial charge >= 0.3 is 0 Å². The zero-order valence-electron chi connectivity index (χ0n) is 9.02. The predicted octanol–water partition coefficient (Wildman–Crippen LogP) is 1.78. The number of nitro groups is 1. The van der Waals surface area contributed by atoms with Crippen LogP contribution in [0.15, 0.2) is 12.1 Å². The van der Waals surface area contributed by atoms with Crippen molar-refractivity contribution in [1.82, 2.24) is 0 Å². The quantitative estimate of drug-likeness (QED) is 0.364. The lowest BCUT2D eigenvalue weighted by atomic mass is 10.1. The first-order valence-electron chi connectivity index (χ1n) is 4.69. The number of rotatable bonds is 4. The number of ether oxygens (including phenoxy) is 1. The summed E-state index contributed by atoms with van der Waals surface area (Å²) in [5.41, 5.74) is 5.25. The molecule has 1 aromatic carbocycles. The van der Waals surface area contributed by atoms with Gasteiger partial charge in [-0.25, -0.2) is 0 Å². The number of carbonyl (C=O) groups is 1. The summed E-state index contributed by atoms with van der Waals surface area (Å²) in [5.74, 6) is -0.149. The van der Waals surface area contributed by atoms with Gasteiger partial charge in [0.05, 0.1) is 23.3 Å². The molecule has 6 heteroatoms. The summed E-state index contributed by atoms with van der Waals surface area (Å²) >= 11 is 0. The standard InChI is InChI=1S/C10H12N2O4/c1-3-16-7-4-8(11)10(6(2)13)9(5-7)12(14)15/h4-5H,3,11H2,1-2H3. The number of hydrogen-bond donors (Lipinski definition) is 1. The maximum Gasteiger partial charge on any atom is 0.285 e. The van der Waals surface area contributed by atoms with Gasteiger partial charge in [0.15, 0.2) is 5.78 Å². The van der Waals surface area contributed by atoms with E-state index in [0.29, 0.717) is 6.61 Å². The van der Waals surface area contributed by atoms with Gasteiger partial charge in [0, 0.05) is 6.07 Å². The fourth-order valence-electron chi connectivity index (χ4n) is 1.40. The molecule has 0 radical (unpaired) electrons. The van der Waals surface area contributed by atoms with E-state index in [-0.39, 0.29) is 22.7 Å². The van der Waals surface area contributed by atoms with Crippen LogP contribution in [0.5, 0.6) is 5.75 Å². The Morgan fingerprint density at radius 1 is 1.56 bits per heavy atom. The smallest absolute Gasteiger partial charge is 0.285 e. The van der Waals surface area contributed by atoms with Crippen molar-refractivity contribution in [2.24, 2.45) is 0 Å². The molecule has 0 spiro atoms. The van der Waals surface area contributed by atoms with Crippen LogP contribution in [-0.2, 0) is 0 Å². The number of hydrogen-bond acceptors (Lipinski definition) is 5. The van der Waals surface area contributed by atoms with Gasteiger partial charge in [-0.1, -0.05) is 0 Å². The van der Waals surface area contributed by atoms with Gasteiger partial charge in [-0.2, -0.15) is 0 Å². The first kappa shape index (κ1) is 12.0. The third-order valence-electron chi connectivity index (χ3n) is 1.98. The second-order valence-corrected chi connectivity index (χ2v) is 3.15. The average molecular weight is 224 g/mol. The van der Waals surface area contributed by atoms with Gasteiger partial charge in [-0.3, -0.25) is 14.9 Å². The van der Waals surface area contributed by atoms with Gasteiger partial charge in [0.1, 0.15) is 11.3 Å². The molecule has 2 N–H and O–H groups in total. The third kappa shape index (κ3) is 2.28. The summed E-state index contributed by atoms with van der Waals surface area (Å²) in [6.45, 7) is 3.36.